The predicted molar refractivity (Wildman–Crippen MR) is 87.6 cm³/mol. The lowest BCUT2D eigenvalue weighted by Crippen LogP contribution is -2.42. The fourth-order valence-corrected chi connectivity index (χ4v) is 2.98. The van der Waals surface area contributed by atoms with E-state index < -0.39 is 0 Å². The number of nitrogens with zero attached hydrogens (tertiary/aromatic N) is 6. The lowest BCUT2D eigenvalue weighted by atomic mass is 10.0. The van der Waals surface area contributed by atoms with Crippen LogP contribution in [0.2, 0.25) is 0 Å². The number of anilines is 1. The summed E-state index contributed by atoms with van der Waals surface area (Å²) in [5, 5.41) is 7.66. The van der Waals surface area contributed by atoms with Crippen molar-refractivity contribution in [2.45, 2.75) is 18.9 Å². The third kappa shape index (κ3) is 2.78. The Labute approximate surface area is 138 Å². The molecule has 0 saturated carbocycles. The quantitative estimate of drug-likeness (QED) is 0.780. The largest absolute Gasteiger partial charge is 0.379 e. The SMILES string of the molecule is O=C(c1cnccn1)N1CCC(Nc2cccn3ncnc23)CC1. The van der Waals surface area contributed by atoms with Crippen LogP contribution in [0, 0.1) is 0 Å². The van der Waals surface area contributed by atoms with Gasteiger partial charge in [0.2, 0.25) is 0 Å². The Morgan fingerprint density at radius 2 is 2.08 bits per heavy atom. The van der Waals surface area contributed by atoms with Crippen molar-refractivity contribution >= 4 is 17.2 Å². The Kier molecular flexibility index (Phi) is 3.78. The zero-order valence-corrected chi connectivity index (χ0v) is 13.0. The fourth-order valence-electron chi connectivity index (χ4n) is 2.98. The molecule has 8 nitrogen and oxygen atoms in total. The summed E-state index contributed by atoms with van der Waals surface area (Å²) in [4.78, 5) is 26.5. The Morgan fingerprint density at radius 3 is 2.88 bits per heavy atom. The minimum absolute atomic E-state index is 0.0545. The normalized spacial score (nSPS) is 15.6. The minimum Gasteiger partial charge on any atom is -0.379 e. The number of hydrogen-bond acceptors (Lipinski definition) is 6. The van der Waals surface area contributed by atoms with E-state index in [0.29, 0.717) is 24.8 Å². The van der Waals surface area contributed by atoms with Gasteiger partial charge in [0.05, 0.1) is 11.9 Å². The standard InChI is InChI=1S/C16H17N7O/c24-16(14-10-17-5-6-18-14)22-8-3-12(4-9-22)21-13-2-1-7-23-15(13)19-11-20-23/h1-2,5-7,10-12,21H,3-4,8-9H2. The first-order valence-electron chi connectivity index (χ1n) is 7.91. The molecule has 1 aliphatic rings. The van der Waals surface area contributed by atoms with Gasteiger partial charge in [-0.15, -0.1) is 0 Å². The van der Waals surface area contributed by atoms with Gasteiger partial charge in [-0.25, -0.2) is 14.5 Å². The zero-order chi connectivity index (χ0) is 16.4. The summed E-state index contributed by atoms with van der Waals surface area (Å²) in [6.07, 6.45) is 9.79. The summed E-state index contributed by atoms with van der Waals surface area (Å²) in [6, 6.07) is 4.25. The van der Waals surface area contributed by atoms with Gasteiger partial charge in [0, 0.05) is 37.7 Å². The van der Waals surface area contributed by atoms with E-state index in [9.17, 15) is 4.79 Å². The average Bonchev–Trinajstić information content (AvgIpc) is 3.12. The summed E-state index contributed by atoms with van der Waals surface area (Å²) >= 11 is 0. The van der Waals surface area contributed by atoms with E-state index in [4.69, 9.17) is 0 Å². The smallest absolute Gasteiger partial charge is 0.274 e. The number of nitrogens with one attached hydrogen (secondary N) is 1. The molecule has 4 heterocycles. The van der Waals surface area contributed by atoms with Gasteiger partial charge in [-0.3, -0.25) is 9.78 Å². The first-order valence-corrected chi connectivity index (χ1v) is 7.91. The van der Waals surface area contributed by atoms with Crippen LogP contribution in [0.15, 0.2) is 43.2 Å². The second-order valence-electron chi connectivity index (χ2n) is 5.75. The number of fused-ring (bicyclic) bond motifs is 1. The van der Waals surface area contributed by atoms with Crippen molar-refractivity contribution in [3.63, 3.8) is 0 Å². The van der Waals surface area contributed by atoms with Crippen LogP contribution in [0.5, 0.6) is 0 Å². The molecule has 0 aromatic carbocycles. The second kappa shape index (κ2) is 6.23. The molecule has 3 aromatic rings. The van der Waals surface area contributed by atoms with Gasteiger partial charge < -0.3 is 10.2 Å². The molecule has 4 rings (SSSR count). The van der Waals surface area contributed by atoms with E-state index >= 15 is 0 Å². The third-order valence-corrected chi connectivity index (χ3v) is 4.23. The van der Waals surface area contributed by atoms with E-state index in [1.807, 2.05) is 23.2 Å². The Bertz CT molecular complexity index is 840. The van der Waals surface area contributed by atoms with Crippen LogP contribution in [-0.4, -0.2) is 54.5 Å². The monoisotopic (exact) mass is 323 g/mol. The Morgan fingerprint density at radius 1 is 1.21 bits per heavy atom. The molecule has 122 valence electrons. The van der Waals surface area contributed by atoms with E-state index in [1.165, 1.54) is 6.20 Å². The molecule has 8 heteroatoms. The highest BCUT2D eigenvalue weighted by molar-refractivity contribution is 5.92. The van der Waals surface area contributed by atoms with Gasteiger partial charge in [-0.05, 0) is 25.0 Å². The molecule has 1 saturated heterocycles. The van der Waals surface area contributed by atoms with E-state index in [1.54, 1.807) is 23.2 Å². The lowest BCUT2D eigenvalue weighted by Gasteiger charge is -2.32. The number of carbonyl (C=O) groups is 1. The minimum atomic E-state index is -0.0545. The van der Waals surface area contributed by atoms with E-state index in [2.05, 4.69) is 25.4 Å². The molecular formula is C16H17N7O. The molecule has 0 unspecified atom stereocenters. The van der Waals surface area contributed by atoms with Crippen molar-refractivity contribution in [1.82, 2.24) is 29.5 Å². The predicted octanol–water partition coefficient (Wildman–Crippen LogP) is 1.24. The Balaban J connectivity index is 1.40. The molecule has 1 aliphatic heterocycles. The summed E-state index contributed by atoms with van der Waals surface area (Å²) < 4.78 is 1.75. The number of likely N-dealkylation sites (tertiary alicyclic amines) is 1. The maximum absolute atomic E-state index is 12.4. The van der Waals surface area contributed by atoms with Crippen LogP contribution >= 0.6 is 0 Å². The second-order valence-corrected chi connectivity index (χ2v) is 5.75. The molecule has 1 N–H and O–H groups in total. The molecule has 1 amide bonds. The average molecular weight is 323 g/mol. The third-order valence-electron chi connectivity index (χ3n) is 4.23. The van der Waals surface area contributed by atoms with Gasteiger partial charge >= 0.3 is 0 Å². The van der Waals surface area contributed by atoms with E-state index in [0.717, 1.165) is 24.2 Å². The fraction of sp³-hybridized carbons (Fsp3) is 0.312. The molecule has 3 aromatic heterocycles. The van der Waals surface area contributed by atoms with Crippen LogP contribution in [0.3, 0.4) is 0 Å². The highest BCUT2D eigenvalue weighted by Crippen LogP contribution is 2.20. The molecule has 0 aliphatic carbocycles. The van der Waals surface area contributed by atoms with Crippen molar-refractivity contribution in [3.05, 3.63) is 48.9 Å². The summed E-state index contributed by atoms with van der Waals surface area (Å²) in [5.74, 6) is -0.0545. The van der Waals surface area contributed by atoms with Gasteiger partial charge in [-0.2, -0.15) is 5.10 Å². The van der Waals surface area contributed by atoms with Gasteiger partial charge in [0.1, 0.15) is 12.0 Å². The van der Waals surface area contributed by atoms with Crippen molar-refractivity contribution in [3.8, 4) is 0 Å². The molecule has 0 radical (unpaired) electrons. The molecule has 0 bridgehead atoms. The lowest BCUT2D eigenvalue weighted by molar-refractivity contribution is 0.0712. The maximum atomic E-state index is 12.4. The number of rotatable bonds is 3. The number of carbonyl (C=O) groups excluding carboxylic acids is 1. The van der Waals surface area contributed by atoms with Crippen LogP contribution in [0.25, 0.3) is 5.65 Å². The van der Waals surface area contributed by atoms with Gasteiger partial charge in [0.25, 0.3) is 5.91 Å². The van der Waals surface area contributed by atoms with Crippen LogP contribution in [0.1, 0.15) is 23.3 Å². The van der Waals surface area contributed by atoms with Crippen molar-refractivity contribution in [2.75, 3.05) is 18.4 Å². The molecule has 1 fully saturated rings. The van der Waals surface area contributed by atoms with Gasteiger partial charge in [-0.1, -0.05) is 0 Å². The number of pyridine rings is 1. The number of aromatic nitrogens is 5. The van der Waals surface area contributed by atoms with Crippen LogP contribution < -0.4 is 5.32 Å². The topological polar surface area (TPSA) is 88.3 Å². The highest BCUT2D eigenvalue weighted by Gasteiger charge is 2.24. The zero-order valence-electron chi connectivity index (χ0n) is 13.0. The van der Waals surface area contributed by atoms with Gasteiger partial charge in [0.15, 0.2) is 5.65 Å². The molecule has 0 spiro atoms. The molecule has 24 heavy (non-hydrogen) atoms. The number of amides is 1. The van der Waals surface area contributed by atoms with Crippen molar-refractivity contribution in [2.24, 2.45) is 0 Å². The maximum Gasteiger partial charge on any atom is 0.274 e. The van der Waals surface area contributed by atoms with Crippen molar-refractivity contribution < 1.29 is 4.79 Å². The Hall–Kier alpha value is -3.03. The molecule has 0 atom stereocenters. The van der Waals surface area contributed by atoms with Crippen molar-refractivity contribution in [1.29, 1.82) is 0 Å². The first-order chi connectivity index (χ1) is 11.8. The highest BCUT2D eigenvalue weighted by atomic mass is 16.2. The summed E-state index contributed by atoms with van der Waals surface area (Å²) in [7, 11) is 0. The van der Waals surface area contributed by atoms with E-state index in [-0.39, 0.29) is 5.91 Å². The number of hydrogen-bond donors (Lipinski definition) is 1. The summed E-state index contributed by atoms with van der Waals surface area (Å²) in [6.45, 7) is 1.39. The summed E-state index contributed by atoms with van der Waals surface area (Å²) in [5.41, 5.74) is 2.18. The first kappa shape index (κ1) is 14.6. The van der Waals surface area contributed by atoms with Crippen LogP contribution in [-0.2, 0) is 0 Å². The number of piperidine rings is 1. The molecular weight excluding hydrogens is 306 g/mol. The van der Waals surface area contributed by atoms with Crippen LogP contribution in [0.4, 0.5) is 5.69 Å².